The van der Waals surface area contributed by atoms with E-state index < -0.39 is 12.2 Å². The molecule has 0 saturated heterocycles. The molecule has 3 rings (SSSR count). The lowest BCUT2D eigenvalue weighted by Crippen LogP contribution is -2.30. The van der Waals surface area contributed by atoms with Crippen molar-refractivity contribution >= 4 is 33.5 Å². The van der Waals surface area contributed by atoms with Gasteiger partial charge in [-0.05, 0) is 39.7 Å². The molecule has 8 heteroatoms. The third kappa shape index (κ3) is 13.5. The number of hydrogen-bond donors (Lipinski definition) is 0. The van der Waals surface area contributed by atoms with Gasteiger partial charge in [0.05, 0.1) is 26.4 Å². The minimum Gasteiger partial charge on any atom is -0.488 e. The summed E-state index contributed by atoms with van der Waals surface area (Å²) in [6.07, 6.45) is 5.06. The van der Waals surface area contributed by atoms with Gasteiger partial charge in [-0.15, -0.1) is 0 Å². The number of fused-ring (bicyclic) bond motifs is 2. The summed E-state index contributed by atoms with van der Waals surface area (Å²) < 4.78 is 36.4. The lowest BCUT2D eigenvalue weighted by atomic mass is 9.99. The smallest absolute Gasteiger partial charge is 0.306 e. The van der Waals surface area contributed by atoms with Crippen LogP contribution in [0.5, 0.6) is 11.5 Å². The molecule has 0 fully saturated rings. The van der Waals surface area contributed by atoms with E-state index >= 15 is 0 Å². The molecule has 0 spiro atoms. The number of aryl methyl sites for hydroxylation is 1. The maximum atomic E-state index is 12.7. The molecular formula is C41H56O8. The van der Waals surface area contributed by atoms with Crippen molar-refractivity contribution in [2.75, 3.05) is 39.6 Å². The molecule has 2 unspecified atom stereocenters. The third-order valence-corrected chi connectivity index (χ3v) is 7.78. The van der Waals surface area contributed by atoms with Crippen LogP contribution in [0.3, 0.4) is 0 Å². The monoisotopic (exact) mass is 676 g/mol. The van der Waals surface area contributed by atoms with E-state index in [9.17, 15) is 9.59 Å². The van der Waals surface area contributed by atoms with Crippen LogP contribution in [0.4, 0.5) is 0 Å². The van der Waals surface area contributed by atoms with Crippen LogP contribution in [0.25, 0.3) is 21.5 Å². The first-order valence-electron chi connectivity index (χ1n) is 17.7. The summed E-state index contributed by atoms with van der Waals surface area (Å²) in [5.74, 6) is 0.803. The molecule has 3 aromatic rings. The number of ether oxygens (including phenoxy) is 6. The van der Waals surface area contributed by atoms with Gasteiger partial charge in [-0.25, -0.2) is 0 Å². The molecule has 8 nitrogen and oxygen atoms in total. The van der Waals surface area contributed by atoms with Crippen molar-refractivity contribution in [2.24, 2.45) is 0 Å². The van der Waals surface area contributed by atoms with Gasteiger partial charge >= 0.3 is 11.9 Å². The molecule has 268 valence electrons. The standard InChI is InChI=1S/C41H56O8/c1-8-10-12-18-38(42)48-32(25-44-23-29(3)4)27-46-40-34-16-14-15-17-35(34)41(37-22-31(7)20-21-36(37)40)47-28-33(26-45-24-30(5)6)49-39(43)19-13-11-9-2/h14-17,20-22,32-33H,3,5,8-13,18-19,23-28H2,1-2,4,6-7H3. The predicted molar refractivity (Wildman–Crippen MR) is 196 cm³/mol. The van der Waals surface area contributed by atoms with E-state index in [0.717, 1.165) is 76.8 Å². The molecule has 2 atom stereocenters. The topological polar surface area (TPSA) is 89.5 Å². The minimum atomic E-state index is -0.602. The summed E-state index contributed by atoms with van der Waals surface area (Å²) in [5.41, 5.74) is 2.81. The van der Waals surface area contributed by atoms with Crippen LogP contribution < -0.4 is 9.47 Å². The Labute approximate surface area is 292 Å². The van der Waals surface area contributed by atoms with Gasteiger partial charge < -0.3 is 28.4 Å². The van der Waals surface area contributed by atoms with E-state index in [1.807, 2.05) is 57.2 Å². The highest BCUT2D eigenvalue weighted by atomic mass is 16.6. The van der Waals surface area contributed by atoms with Crippen molar-refractivity contribution in [3.8, 4) is 11.5 Å². The summed E-state index contributed by atoms with van der Waals surface area (Å²) in [4.78, 5) is 25.4. The van der Waals surface area contributed by atoms with E-state index in [0.29, 0.717) is 37.6 Å². The zero-order chi connectivity index (χ0) is 35.6. The van der Waals surface area contributed by atoms with Gasteiger partial charge in [0.15, 0.2) is 12.2 Å². The second kappa shape index (κ2) is 21.3. The number of hydrogen-bond acceptors (Lipinski definition) is 8. The summed E-state index contributed by atoms with van der Waals surface area (Å²) >= 11 is 0. The van der Waals surface area contributed by atoms with E-state index in [1.54, 1.807) is 0 Å². The average Bonchev–Trinajstić information content (AvgIpc) is 3.05. The fraction of sp³-hybridized carbons (Fsp3) is 0.512. The van der Waals surface area contributed by atoms with Crippen molar-refractivity contribution in [3.05, 3.63) is 72.3 Å². The van der Waals surface area contributed by atoms with Crippen molar-refractivity contribution in [1.82, 2.24) is 0 Å². The Morgan fingerprint density at radius 1 is 0.633 bits per heavy atom. The number of esters is 2. The van der Waals surface area contributed by atoms with Crippen LogP contribution >= 0.6 is 0 Å². The molecule has 0 saturated carbocycles. The summed E-state index contributed by atoms with van der Waals surface area (Å²) in [5, 5.41) is 3.40. The maximum Gasteiger partial charge on any atom is 0.306 e. The molecule has 0 aliphatic carbocycles. The molecule has 3 aromatic carbocycles. The zero-order valence-electron chi connectivity index (χ0n) is 30.3. The number of benzene rings is 3. The Bertz CT molecular complexity index is 1530. The van der Waals surface area contributed by atoms with Gasteiger partial charge in [0, 0.05) is 34.4 Å². The van der Waals surface area contributed by atoms with E-state index in [1.165, 1.54) is 0 Å². The summed E-state index contributed by atoms with van der Waals surface area (Å²) in [7, 11) is 0. The normalized spacial score (nSPS) is 12.4. The molecule has 0 radical (unpaired) electrons. The van der Waals surface area contributed by atoms with Crippen LogP contribution in [0.1, 0.15) is 84.6 Å². The third-order valence-electron chi connectivity index (χ3n) is 7.78. The van der Waals surface area contributed by atoms with Crippen LogP contribution in [-0.4, -0.2) is 63.8 Å². The fourth-order valence-electron chi connectivity index (χ4n) is 5.37. The fourth-order valence-corrected chi connectivity index (χ4v) is 5.37. The van der Waals surface area contributed by atoms with Crippen LogP contribution in [-0.2, 0) is 28.5 Å². The first-order valence-corrected chi connectivity index (χ1v) is 17.7. The highest BCUT2D eigenvalue weighted by Gasteiger charge is 2.22. The molecule has 0 aromatic heterocycles. The Hall–Kier alpha value is -3.88. The number of carbonyl (C=O) groups excluding carboxylic acids is 2. The number of rotatable bonds is 24. The van der Waals surface area contributed by atoms with Crippen LogP contribution in [0.2, 0.25) is 0 Å². The lowest BCUT2D eigenvalue weighted by Gasteiger charge is -2.23. The highest BCUT2D eigenvalue weighted by molar-refractivity contribution is 6.11. The second-order valence-corrected chi connectivity index (χ2v) is 13.0. The molecule has 0 aliphatic rings. The van der Waals surface area contributed by atoms with Gasteiger partial charge in [0.25, 0.3) is 0 Å². The van der Waals surface area contributed by atoms with Gasteiger partial charge in [0.2, 0.25) is 0 Å². The molecule has 0 amide bonds. The Kier molecular flexibility index (Phi) is 17.2. The Morgan fingerprint density at radius 3 is 1.53 bits per heavy atom. The second-order valence-electron chi connectivity index (χ2n) is 13.0. The molecular weight excluding hydrogens is 620 g/mol. The molecule has 0 aliphatic heterocycles. The molecule has 0 bridgehead atoms. The van der Waals surface area contributed by atoms with Gasteiger partial charge in [-0.2, -0.15) is 0 Å². The van der Waals surface area contributed by atoms with Crippen molar-refractivity contribution in [3.63, 3.8) is 0 Å². The summed E-state index contributed by atoms with van der Waals surface area (Å²) in [6.45, 7) is 19.2. The zero-order valence-corrected chi connectivity index (χ0v) is 30.3. The number of carbonyl (C=O) groups is 2. The maximum absolute atomic E-state index is 12.7. The van der Waals surface area contributed by atoms with Gasteiger partial charge in [-0.3, -0.25) is 9.59 Å². The average molecular weight is 677 g/mol. The van der Waals surface area contributed by atoms with E-state index in [2.05, 4.69) is 33.1 Å². The van der Waals surface area contributed by atoms with Crippen molar-refractivity contribution in [2.45, 2.75) is 98.2 Å². The lowest BCUT2D eigenvalue weighted by molar-refractivity contribution is -0.154. The van der Waals surface area contributed by atoms with Crippen molar-refractivity contribution in [1.29, 1.82) is 0 Å². The first-order chi connectivity index (χ1) is 23.6. The van der Waals surface area contributed by atoms with E-state index in [-0.39, 0.29) is 38.4 Å². The van der Waals surface area contributed by atoms with Crippen LogP contribution in [0.15, 0.2) is 66.8 Å². The number of unbranched alkanes of at least 4 members (excludes halogenated alkanes) is 4. The molecule has 49 heavy (non-hydrogen) atoms. The molecule has 0 heterocycles. The van der Waals surface area contributed by atoms with Crippen molar-refractivity contribution < 1.29 is 38.0 Å². The SMILES string of the molecule is C=C(C)COCC(COc1c2ccccc2c(OCC(COCC(=C)C)OC(=O)CCCCC)c2cc(C)ccc12)OC(=O)CCCCC. The van der Waals surface area contributed by atoms with E-state index in [4.69, 9.17) is 28.4 Å². The summed E-state index contributed by atoms with van der Waals surface area (Å²) in [6, 6.07) is 14.0. The van der Waals surface area contributed by atoms with Crippen LogP contribution in [0, 0.1) is 6.92 Å². The highest BCUT2D eigenvalue weighted by Crippen LogP contribution is 2.43. The largest absolute Gasteiger partial charge is 0.488 e. The predicted octanol–water partition coefficient (Wildman–Crippen LogP) is 9.23. The Balaban J connectivity index is 1.92. The quantitative estimate of drug-likeness (QED) is 0.0402. The van der Waals surface area contributed by atoms with Gasteiger partial charge in [0.1, 0.15) is 24.7 Å². The first kappa shape index (κ1) is 39.6. The Morgan fingerprint density at radius 2 is 1.08 bits per heavy atom. The minimum absolute atomic E-state index is 0.110. The van der Waals surface area contributed by atoms with Gasteiger partial charge in [-0.1, -0.05) is 106 Å². The molecule has 0 N–H and O–H groups in total.